The van der Waals surface area contributed by atoms with Crippen LogP contribution in [0.15, 0.2) is 88.9 Å². The topological polar surface area (TPSA) is 104 Å². The molecule has 4 aliphatic rings. The second kappa shape index (κ2) is 9.91. The highest BCUT2D eigenvalue weighted by Crippen LogP contribution is 2.64. The van der Waals surface area contributed by atoms with E-state index in [0.29, 0.717) is 23.4 Å². The van der Waals surface area contributed by atoms with Crippen molar-refractivity contribution in [2.45, 2.75) is 25.7 Å². The fourth-order valence-corrected chi connectivity index (χ4v) is 8.21. The van der Waals surface area contributed by atoms with Gasteiger partial charge in [-0.3, -0.25) is 24.1 Å². The summed E-state index contributed by atoms with van der Waals surface area (Å²) in [5.41, 5.74) is 1.33. The first kappa shape index (κ1) is 27.6. The fourth-order valence-electron chi connectivity index (χ4n) is 7.95. The molecule has 3 fully saturated rings. The maximum Gasteiger partial charge on any atom is 0.241 e. The van der Waals surface area contributed by atoms with Crippen molar-refractivity contribution in [3.8, 4) is 11.5 Å². The average Bonchev–Trinajstić information content (AvgIpc) is 3.37. The number of phenols is 1. The number of amides is 4. The molecule has 0 bridgehead atoms. The summed E-state index contributed by atoms with van der Waals surface area (Å²) >= 11 is 3.41. The summed E-state index contributed by atoms with van der Waals surface area (Å²) in [4.78, 5) is 59.0. The van der Waals surface area contributed by atoms with Gasteiger partial charge in [0.05, 0.1) is 41.7 Å². The molecule has 7 rings (SSSR count). The van der Waals surface area contributed by atoms with Crippen LogP contribution < -0.4 is 14.5 Å². The summed E-state index contributed by atoms with van der Waals surface area (Å²) in [6.07, 6.45) is 2.61. The van der Waals surface area contributed by atoms with E-state index in [1.54, 1.807) is 66.7 Å². The largest absolute Gasteiger partial charge is 0.504 e. The quantitative estimate of drug-likeness (QED) is 0.294. The Kier molecular flexibility index (Phi) is 6.36. The Bertz CT molecular complexity index is 1720. The molecular weight excluding hydrogens is 612 g/mol. The number of fused-ring (bicyclic) bond motifs is 4. The first-order valence-electron chi connectivity index (χ1n) is 14.3. The molecule has 2 aliphatic heterocycles. The molecule has 0 spiro atoms. The van der Waals surface area contributed by atoms with Gasteiger partial charge >= 0.3 is 0 Å². The van der Waals surface area contributed by atoms with Crippen LogP contribution >= 0.6 is 15.9 Å². The highest BCUT2D eigenvalue weighted by Gasteiger charge is 2.67. The van der Waals surface area contributed by atoms with Crippen molar-refractivity contribution < 1.29 is 29.0 Å². The van der Waals surface area contributed by atoms with E-state index in [1.807, 2.05) is 19.1 Å². The van der Waals surface area contributed by atoms with Crippen LogP contribution in [0, 0.1) is 29.1 Å². The summed E-state index contributed by atoms with van der Waals surface area (Å²) in [7, 11) is 1.46. The van der Waals surface area contributed by atoms with Crippen LogP contribution in [0.2, 0.25) is 0 Å². The van der Waals surface area contributed by atoms with Crippen molar-refractivity contribution in [3.63, 3.8) is 0 Å². The van der Waals surface area contributed by atoms with E-state index in [2.05, 4.69) is 15.9 Å². The Morgan fingerprint density at radius 3 is 2.23 bits per heavy atom. The number of phenolic OH excluding ortho intramolecular Hbond substituents is 1. The lowest BCUT2D eigenvalue weighted by Crippen LogP contribution is -2.48. The van der Waals surface area contributed by atoms with Crippen LogP contribution in [-0.4, -0.2) is 35.8 Å². The van der Waals surface area contributed by atoms with Crippen molar-refractivity contribution in [1.29, 1.82) is 0 Å². The molecule has 3 aromatic carbocycles. The van der Waals surface area contributed by atoms with E-state index >= 15 is 0 Å². The molecule has 2 saturated heterocycles. The molecule has 0 unspecified atom stereocenters. The summed E-state index contributed by atoms with van der Waals surface area (Å²) in [5, 5.41) is 10.8. The molecular formula is C34H29BrN2O6. The zero-order valence-electron chi connectivity index (χ0n) is 23.6. The van der Waals surface area contributed by atoms with Gasteiger partial charge in [0.1, 0.15) is 0 Å². The van der Waals surface area contributed by atoms with Crippen molar-refractivity contribution >= 4 is 50.9 Å². The number of ether oxygens (including phenoxy) is 1. The summed E-state index contributed by atoms with van der Waals surface area (Å²) in [6.45, 7) is 1.83. The molecule has 43 heavy (non-hydrogen) atoms. The van der Waals surface area contributed by atoms with Gasteiger partial charge in [-0.1, -0.05) is 51.8 Å². The van der Waals surface area contributed by atoms with E-state index in [1.165, 1.54) is 16.9 Å². The van der Waals surface area contributed by atoms with E-state index in [9.17, 15) is 24.3 Å². The van der Waals surface area contributed by atoms with Crippen molar-refractivity contribution in [1.82, 2.24) is 0 Å². The summed E-state index contributed by atoms with van der Waals surface area (Å²) in [5.74, 6) is -3.97. The highest BCUT2D eigenvalue weighted by atomic mass is 79.9. The number of rotatable bonds is 4. The van der Waals surface area contributed by atoms with Gasteiger partial charge in [-0.2, -0.15) is 0 Å². The standard InChI is InChI=1S/C34H29BrN2O6/c1-34-25(31(40)37(33(34)42)20-6-4-3-5-7-20)17-24-22(29(34)18-8-15-27(43-2)26(38)16-18)13-14-23-28(24)32(41)36(30(23)39)21-11-9-19(35)10-12-21/h3-13,15-16,23-25,28-29,38H,14,17H2,1-2H3/t23-,24+,25-,28-,29-,34+/m0/s1. The number of aromatic hydroxyl groups is 1. The molecule has 4 amide bonds. The monoisotopic (exact) mass is 640 g/mol. The third-order valence-electron chi connectivity index (χ3n) is 9.91. The second-order valence-electron chi connectivity index (χ2n) is 11.9. The number of hydrogen-bond donors (Lipinski definition) is 1. The molecule has 1 N–H and O–H groups in total. The Labute approximate surface area is 257 Å². The Morgan fingerprint density at radius 1 is 0.860 bits per heavy atom. The number of hydrogen-bond acceptors (Lipinski definition) is 6. The molecule has 2 heterocycles. The van der Waals surface area contributed by atoms with Gasteiger partial charge in [0, 0.05) is 10.4 Å². The number of nitrogens with zero attached hydrogens (tertiary/aromatic N) is 2. The molecule has 1 saturated carbocycles. The number of allylic oxidation sites excluding steroid dienone is 2. The lowest BCUT2D eigenvalue weighted by Gasteiger charge is -2.49. The molecule has 0 radical (unpaired) electrons. The van der Waals surface area contributed by atoms with Gasteiger partial charge in [-0.15, -0.1) is 0 Å². The molecule has 8 nitrogen and oxygen atoms in total. The van der Waals surface area contributed by atoms with Gasteiger partial charge in [0.25, 0.3) is 0 Å². The molecule has 2 aliphatic carbocycles. The smallest absolute Gasteiger partial charge is 0.241 e. The fraction of sp³-hybridized carbons (Fsp3) is 0.294. The van der Waals surface area contributed by atoms with Crippen molar-refractivity contribution in [2.75, 3.05) is 16.9 Å². The lowest BCUT2D eigenvalue weighted by molar-refractivity contribution is -0.131. The minimum absolute atomic E-state index is 0.0817. The predicted octanol–water partition coefficient (Wildman–Crippen LogP) is 5.60. The molecule has 9 heteroatoms. The molecule has 6 atom stereocenters. The van der Waals surface area contributed by atoms with Gasteiger partial charge < -0.3 is 9.84 Å². The van der Waals surface area contributed by atoms with E-state index in [0.717, 1.165) is 10.0 Å². The minimum Gasteiger partial charge on any atom is -0.504 e. The highest BCUT2D eigenvalue weighted by molar-refractivity contribution is 9.10. The van der Waals surface area contributed by atoms with Gasteiger partial charge in [-0.25, -0.2) is 4.90 Å². The number of anilines is 2. The van der Waals surface area contributed by atoms with Crippen molar-refractivity contribution in [2.24, 2.45) is 29.1 Å². The van der Waals surface area contributed by atoms with Crippen molar-refractivity contribution in [3.05, 3.63) is 94.5 Å². The number of carbonyl (C=O) groups excluding carboxylic acids is 4. The number of benzene rings is 3. The Hall–Kier alpha value is -4.24. The first-order valence-corrected chi connectivity index (χ1v) is 15.1. The molecule has 0 aromatic heterocycles. The van der Waals surface area contributed by atoms with Crippen LogP contribution in [0.1, 0.15) is 31.2 Å². The number of para-hydroxylation sites is 1. The SMILES string of the molecule is COc1ccc([C@H]2C3=CC[C@@H]4C(=O)N(c5ccc(Br)cc5)C(=O)[C@@H]4[C@@H]3C[C@H]3C(=O)N(c4ccccc4)C(=O)[C@@]23C)cc1O. The van der Waals surface area contributed by atoms with Gasteiger partial charge in [-0.05, 0) is 79.8 Å². The van der Waals surface area contributed by atoms with Crippen LogP contribution in [0.25, 0.3) is 0 Å². The maximum absolute atomic E-state index is 14.4. The van der Waals surface area contributed by atoms with E-state index in [-0.39, 0.29) is 41.5 Å². The minimum atomic E-state index is -1.18. The van der Waals surface area contributed by atoms with Crippen LogP contribution in [-0.2, 0) is 19.2 Å². The Balaban J connectivity index is 1.37. The van der Waals surface area contributed by atoms with Crippen LogP contribution in [0.4, 0.5) is 11.4 Å². The first-order chi connectivity index (χ1) is 20.7. The zero-order chi connectivity index (χ0) is 30.2. The molecule has 3 aromatic rings. The number of imide groups is 2. The summed E-state index contributed by atoms with van der Waals surface area (Å²) < 4.78 is 6.11. The lowest BCUT2D eigenvalue weighted by atomic mass is 9.51. The third-order valence-corrected chi connectivity index (χ3v) is 10.4. The van der Waals surface area contributed by atoms with Crippen LogP contribution in [0.3, 0.4) is 0 Å². The number of methoxy groups -OCH3 is 1. The third kappa shape index (κ3) is 3.87. The second-order valence-corrected chi connectivity index (χ2v) is 12.8. The van der Waals surface area contributed by atoms with Gasteiger partial charge in [0.2, 0.25) is 23.6 Å². The normalized spacial score (nSPS) is 29.7. The predicted molar refractivity (Wildman–Crippen MR) is 162 cm³/mol. The van der Waals surface area contributed by atoms with Crippen LogP contribution in [0.5, 0.6) is 11.5 Å². The molecule has 218 valence electrons. The zero-order valence-corrected chi connectivity index (χ0v) is 25.2. The number of carbonyl (C=O) groups is 4. The van der Waals surface area contributed by atoms with E-state index < -0.39 is 35.0 Å². The van der Waals surface area contributed by atoms with Gasteiger partial charge in [0.15, 0.2) is 11.5 Å². The number of halogens is 1. The maximum atomic E-state index is 14.4. The summed E-state index contributed by atoms with van der Waals surface area (Å²) in [6, 6.07) is 21.0. The van der Waals surface area contributed by atoms with E-state index in [4.69, 9.17) is 4.74 Å². The average molecular weight is 642 g/mol. The Morgan fingerprint density at radius 2 is 1.56 bits per heavy atom.